The van der Waals surface area contributed by atoms with Crippen LogP contribution in [0.15, 0.2) is 12.0 Å². The molecule has 0 aliphatic carbocycles. The van der Waals surface area contributed by atoms with Crippen LogP contribution < -0.4 is 0 Å². The minimum atomic E-state index is -1.79. The topological polar surface area (TPSA) is 54.0 Å². The number of ether oxygens (including phenoxy) is 2. The fourth-order valence-corrected chi connectivity index (χ4v) is 3.45. The first-order valence-corrected chi connectivity index (χ1v) is 13.6. The maximum Gasteiger partial charge on any atom is 0.322 e. The van der Waals surface area contributed by atoms with Gasteiger partial charge in [-0.3, -0.25) is 4.79 Å². The summed E-state index contributed by atoms with van der Waals surface area (Å²) in [5, 5.41) is 0. The van der Waals surface area contributed by atoms with Crippen molar-refractivity contribution < 1.29 is 23.1 Å². The van der Waals surface area contributed by atoms with E-state index in [9.17, 15) is 4.79 Å². The third kappa shape index (κ3) is 5.78. The number of rotatable bonds is 6. The number of carbonyl (C=O) groups excluding carboxylic acids is 1. The van der Waals surface area contributed by atoms with Crippen molar-refractivity contribution in [2.24, 2.45) is 5.92 Å². The van der Waals surface area contributed by atoms with Crippen LogP contribution in [-0.4, -0.2) is 36.0 Å². The van der Waals surface area contributed by atoms with Crippen molar-refractivity contribution in [1.82, 2.24) is 0 Å². The Balaban J connectivity index is 2.73. The third-order valence-corrected chi connectivity index (χ3v) is 4.23. The molecule has 0 aromatic carbocycles. The van der Waals surface area contributed by atoms with Crippen molar-refractivity contribution in [2.45, 2.75) is 52.0 Å². The lowest BCUT2D eigenvalue weighted by Crippen LogP contribution is -2.42. The molecule has 0 bridgehead atoms. The predicted molar refractivity (Wildman–Crippen MR) is 81.9 cm³/mol. The largest absolute Gasteiger partial charge is 0.520 e. The Hall–Kier alpha value is -0.636. The van der Waals surface area contributed by atoms with Gasteiger partial charge in [-0.1, -0.05) is 0 Å². The zero-order valence-electron chi connectivity index (χ0n) is 13.5. The van der Waals surface area contributed by atoms with Gasteiger partial charge in [-0.15, -0.1) is 0 Å². The van der Waals surface area contributed by atoms with E-state index in [0.717, 1.165) is 0 Å². The number of carbonyl (C=O) groups is 1. The molecule has 0 N–H and O–H groups in total. The highest BCUT2D eigenvalue weighted by Crippen LogP contribution is 2.27. The van der Waals surface area contributed by atoms with Gasteiger partial charge in [0, 0.05) is 7.11 Å². The Bertz CT molecular complexity index is 381. The van der Waals surface area contributed by atoms with E-state index < -0.39 is 28.8 Å². The Kier molecular flexibility index (Phi) is 5.59. The van der Waals surface area contributed by atoms with Crippen LogP contribution >= 0.6 is 0 Å². The van der Waals surface area contributed by atoms with E-state index in [1.54, 1.807) is 7.11 Å². The monoisotopic (exact) mass is 318 g/mol. The molecule has 1 aliphatic heterocycles. The minimum absolute atomic E-state index is 0.327. The number of hydrogen-bond acceptors (Lipinski definition) is 5. The lowest BCUT2D eigenvalue weighted by Gasteiger charge is -2.32. The summed E-state index contributed by atoms with van der Waals surface area (Å²) >= 11 is 0. The van der Waals surface area contributed by atoms with E-state index in [1.165, 1.54) is 0 Å². The fourth-order valence-electron chi connectivity index (χ4n) is 1.77. The van der Waals surface area contributed by atoms with E-state index in [0.29, 0.717) is 12.4 Å². The van der Waals surface area contributed by atoms with Gasteiger partial charge in [-0.2, -0.15) is 0 Å². The Labute approximate surface area is 123 Å². The fraction of sp³-hybridized carbons (Fsp3) is 0.769. The van der Waals surface area contributed by atoms with Crippen molar-refractivity contribution in [3.05, 3.63) is 12.0 Å². The first-order chi connectivity index (χ1) is 9.02. The van der Waals surface area contributed by atoms with Crippen LogP contribution in [-0.2, 0) is 23.1 Å². The van der Waals surface area contributed by atoms with Crippen LogP contribution in [0, 0.1) is 5.92 Å². The quantitative estimate of drug-likeness (QED) is 0.428. The van der Waals surface area contributed by atoms with Crippen molar-refractivity contribution in [3.8, 4) is 0 Å². The molecule has 1 aliphatic rings. The predicted octanol–water partition coefficient (Wildman–Crippen LogP) is 3.07. The minimum Gasteiger partial charge on any atom is -0.520 e. The van der Waals surface area contributed by atoms with E-state index in [2.05, 4.69) is 19.6 Å². The first kappa shape index (κ1) is 17.4. The summed E-state index contributed by atoms with van der Waals surface area (Å²) in [5.74, 6) is -0.445. The van der Waals surface area contributed by atoms with Crippen LogP contribution in [0.25, 0.3) is 0 Å². The summed E-state index contributed by atoms with van der Waals surface area (Å²) in [6.07, 6.45) is 1.77. The maximum absolute atomic E-state index is 12.1. The molecule has 0 saturated heterocycles. The molecule has 5 nitrogen and oxygen atoms in total. The second-order valence-corrected chi connectivity index (χ2v) is 15.7. The second kappa shape index (κ2) is 6.42. The number of esters is 1. The van der Waals surface area contributed by atoms with Crippen molar-refractivity contribution in [1.29, 1.82) is 0 Å². The maximum atomic E-state index is 12.1. The molecule has 2 unspecified atom stereocenters. The molecule has 1 heterocycles. The van der Waals surface area contributed by atoms with E-state index >= 15 is 0 Å². The molecule has 0 saturated carbocycles. The molecular weight excluding hydrogens is 292 g/mol. The Morgan fingerprint density at radius 3 is 2.20 bits per heavy atom. The van der Waals surface area contributed by atoms with E-state index in [-0.39, 0.29) is 5.97 Å². The van der Waals surface area contributed by atoms with Crippen LogP contribution in [0.5, 0.6) is 0 Å². The van der Waals surface area contributed by atoms with Gasteiger partial charge in [0.2, 0.25) is 8.32 Å². The SMILES string of the molecule is COC(O[Si](C)(C)C)C1CC=C(O[Si](C)(C)C)OC1=O. The van der Waals surface area contributed by atoms with Gasteiger partial charge < -0.3 is 18.3 Å². The second-order valence-electron chi connectivity index (χ2n) is 6.84. The van der Waals surface area contributed by atoms with Gasteiger partial charge in [0.15, 0.2) is 14.6 Å². The zero-order valence-corrected chi connectivity index (χ0v) is 15.5. The Morgan fingerprint density at radius 1 is 1.20 bits per heavy atom. The standard InChI is InChI=1S/C13H26O5Si2/c1-15-13(18-20(5,6)7)10-8-9-11(16-12(10)14)17-19(2,3)4/h9-10,13H,8H2,1-7H3. The van der Waals surface area contributed by atoms with Crippen LogP contribution in [0.1, 0.15) is 6.42 Å². The van der Waals surface area contributed by atoms with Gasteiger partial charge >= 0.3 is 5.97 Å². The third-order valence-electron chi connectivity index (χ3n) is 2.48. The van der Waals surface area contributed by atoms with Crippen molar-refractivity contribution >= 4 is 22.6 Å². The number of cyclic esters (lactones) is 1. The summed E-state index contributed by atoms with van der Waals surface area (Å²) in [7, 11) is -2.01. The highest BCUT2D eigenvalue weighted by molar-refractivity contribution is 6.70. The molecule has 7 heteroatoms. The normalized spacial score (nSPS) is 22.1. The van der Waals surface area contributed by atoms with Crippen LogP contribution in [0.3, 0.4) is 0 Å². The molecule has 0 fully saturated rings. The number of allylic oxidation sites excluding steroid dienone is 1. The molecule has 0 radical (unpaired) electrons. The lowest BCUT2D eigenvalue weighted by atomic mass is 10.0. The molecule has 116 valence electrons. The summed E-state index contributed by atoms with van der Waals surface area (Å²) in [4.78, 5) is 12.1. The van der Waals surface area contributed by atoms with E-state index in [1.807, 2.05) is 25.7 Å². The van der Waals surface area contributed by atoms with Crippen LogP contribution in [0.4, 0.5) is 0 Å². The molecule has 1 rings (SSSR count). The number of hydrogen-bond donors (Lipinski definition) is 0. The highest BCUT2D eigenvalue weighted by Gasteiger charge is 2.37. The average Bonchev–Trinajstić information content (AvgIpc) is 2.23. The first-order valence-electron chi connectivity index (χ1n) is 6.83. The number of methoxy groups -OCH3 is 1. The lowest BCUT2D eigenvalue weighted by molar-refractivity contribution is -0.168. The average molecular weight is 319 g/mol. The molecule has 0 amide bonds. The van der Waals surface area contributed by atoms with Gasteiger partial charge in [-0.05, 0) is 51.8 Å². The molecule has 0 spiro atoms. The van der Waals surface area contributed by atoms with E-state index in [4.69, 9.17) is 18.3 Å². The molecule has 20 heavy (non-hydrogen) atoms. The van der Waals surface area contributed by atoms with Gasteiger partial charge in [0.25, 0.3) is 5.95 Å². The molecule has 0 aromatic rings. The van der Waals surface area contributed by atoms with Gasteiger partial charge in [0.1, 0.15) is 5.92 Å². The van der Waals surface area contributed by atoms with Crippen LogP contribution in [0.2, 0.25) is 39.3 Å². The Morgan fingerprint density at radius 2 is 1.80 bits per heavy atom. The molecule has 2 atom stereocenters. The van der Waals surface area contributed by atoms with Crippen molar-refractivity contribution in [3.63, 3.8) is 0 Å². The summed E-state index contributed by atoms with van der Waals surface area (Å²) in [6.45, 7) is 12.3. The summed E-state index contributed by atoms with van der Waals surface area (Å²) in [5.41, 5.74) is 0. The summed E-state index contributed by atoms with van der Waals surface area (Å²) in [6, 6.07) is 0. The molecule has 0 aromatic heterocycles. The molecular formula is C13H26O5Si2. The van der Waals surface area contributed by atoms with Gasteiger partial charge in [-0.25, -0.2) is 0 Å². The smallest absolute Gasteiger partial charge is 0.322 e. The highest BCUT2D eigenvalue weighted by atomic mass is 28.4. The van der Waals surface area contributed by atoms with Crippen molar-refractivity contribution in [2.75, 3.05) is 7.11 Å². The zero-order chi connectivity index (χ0) is 15.6. The van der Waals surface area contributed by atoms with Gasteiger partial charge in [0.05, 0.1) is 0 Å². The summed E-state index contributed by atoms with van der Waals surface area (Å²) < 4.78 is 22.2.